The Balaban J connectivity index is 1.32. The van der Waals surface area contributed by atoms with Gasteiger partial charge in [-0.3, -0.25) is 9.59 Å². The molecule has 0 atom stereocenters. The van der Waals surface area contributed by atoms with Crippen LogP contribution < -0.4 is 10.2 Å². The predicted molar refractivity (Wildman–Crippen MR) is 146 cm³/mol. The van der Waals surface area contributed by atoms with Crippen LogP contribution in [0.5, 0.6) is 0 Å². The Morgan fingerprint density at radius 2 is 1.81 bits per heavy atom. The molecule has 1 N–H and O–H groups in total. The molecule has 1 fully saturated rings. The first-order valence-corrected chi connectivity index (χ1v) is 13.5. The fourth-order valence-electron chi connectivity index (χ4n) is 4.24. The molecule has 188 valence electrons. The first-order valence-electron chi connectivity index (χ1n) is 12.1. The summed E-state index contributed by atoms with van der Waals surface area (Å²) in [5, 5.41) is 13.3. The van der Waals surface area contributed by atoms with E-state index in [9.17, 15) is 9.59 Å². The highest BCUT2D eigenvalue weighted by molar-refractivity contribution is 7.98. The number of aromatic nitrogens is 3. The number of benzene rings is 3. The number of nitrogens with zero attached hydrogens (tertiary/aromatic N) is 4. The summed E-state index contributed by atoms with van der Waals surface area (Å²) in [6, 6.07) is 25.0. The van der Waals surface area contributed by atoms with Crippen LogP contribution in [0, 0.1) is 0 Å². The van der Waals surface area contributed by atoms with E-state index in [1.807, 2.05) is 53.1 Å². The monoisotopic (exact) mass is 531 g/mol. The fraction of sp³-hybridized carbons (Fsp3) is 0.214. The van der Waals surface area contributed by atoms with E-state index in [0.29, 0.717) is 36.7 Å². The van der Waals surface area contributed by atoms with Crippen molar-refractivity contribution in [3.8, 4) is 0 Å². The number of anilines is 1. The van der Waals surface area contributed by atoms with Gasteiger partial charge in [0.25, 0.3) is 5.91 Å². The molecular weight excluding hydrogens is 506 g/mol. The molecule has 0 unspecified atom stereocenters. The lowest BCUT2D eigenvalue weighted by atomic mass is 10.1. The van der Waals surface area contributed by atoms with Gasteiger partial charge in [0.15, 0.2) is 11.0 Å². The summed E-state index contributed by atoms with van der Waals surface area (Å²) < 4.78 is 2.02. The van der Waals surface area contributed by atoms with Gasteiger partial charge in [0, 0.05) is 35.0 Å². The summed E-state index contributed by atoms with van der Waals surface area (Å²) >= 11 is 7.90. The van der Waals surface area contributed by atoms with Crippen molar-refractivity contribution in [3.05, 3.63) is 106 Å². The topological polar surface area (TPSA) is 80.1 Å². The number of carbonyl (C=O) groups is 2. The summed E-state index contributed by atoms with van der Waals surface area (Å²) in [5.41, 5.74) is 3.38. The van der Waals surface area contributed by atoms with Crippen molar-refractivity contribution >= 4 is 40.9 Å². The number of hydrogen-bond acceptors (Lipinski definition) is 5. The van der Waals surface area contributed by atoms with Crippen LogP contribution in [-0.2, 0) is 23.6 Å². The molecule has 1 saturated heterocycles. The minimum absolute atomic E-state index is 0.0911. The number of carbonyl (C=O) groups excluding carboxylic acids is 2. The first-order chi connectivity index (χ1) is 18.1. The largest absolute Gasteiger partial charge is 0.345 e. The van der Waals surface area contributed by atoms with Gasteiger partial charge in [-0.25, -0.2) is 0 Å². The van der Waals surface area contributed by atoms with Gasteiger partial charge < -0.3 is 14.8 Å². The van der Waals surface area contributed by atoms with Crippen LogP contribution in [-0.4, -0.2) is 33.1 Å². The third-order valence-corrected chi connectivity index (χ3v) is 7.58. The minimum Gasteiger partial charge on any atom is -0.345 e. The Morgan fingerprint density at radius 1 is 1.00 bits per heavy atom. The van der Waals surface area contributed by atoms with E-state index in [-0.39, 0.29) is 18.4 Å². The molecule has 0 aliphatic carbocycles. The fourth-order valence-corrected chi connectivity index (χ4v) is 5.48. The smallest absolute Gasteiger partial charge is 0.251 e. The van der Waals surface area contributed by atoms with Gasteiger partial charge in [-0.05, 0) is 41.8 Å². The number of thioether (sulfide) groups is 1. The van der Waals surface area contributed by atoms with Crippen LogP contribution in [0.4, 0.5) is 5.69 Å². The van der Waals surface area contributed by atoms with E-state index in [4.69, 9.17) is 11.6 Å². The molecule has 1 aliphatic rings. The maximum Gasteiger partial charge on any atom is 0.251 e. The molecule has 7 nitrogen and oxygen atoms in total. The van der Waals surface area contributed by atoms with Crippen molar-refractivity contribution < 1.29 is 9.59 Å². The number of amides is 2. The Labute approximate surface area is 224 Å². The number of rotatable bonds is 9. The van der Waals surface area contributed by atoms with E-state index >= 15 is 0 Å². The summed E-state index contributed by atoms with van der Waals surface area (Å²) in [4.78, 5) is 26.8. The maximum atomic E-state index is 13.0. The summed E-state index contributed by atoms with van der Waals surface area (Å²) in [7, 11) is 0. The van der Waals surface area contributed by atoms with Gasteiger partial charge in [-0.1, -0.05) is 78.0 Å². The van der Waals surface area contributed by atoms with Gasteiger partial charge >= 0.3 is 0 Å². The Bertz CT molecular complexity index is 1410. The van der Waals surface area contributed by atoms with Crippen molar-refractivity contribution in [3.63, 3.8) is 0 Å². The lowest BCUT2D eigenvalue weighted by molar-refractivity contribution is -0.117. The normalized spacial score (nSPS) is 13.2. The molecule has 4 aromatic rings. The van der Waals surface area contributed by atoms with Gasteiger partial charge in [-0.2, -0.15) is 0 Å². The first kappa shape index (κ1) is 25.0. The molecule has 0 bridgehead atoms. The third-order valence-electron chi connectivity index (χ3n) is 6.19. The molecule has 0 spiro atoms. The number of halogens is 1. The zero-order chi connectivity index (χ0) is 25.6. The summed E-state index contributed by atoms with van der Waals surface area (Å²) in [6.07, 6.45) is 1.38. The zero-order valence-electron chi connectivity index (χ0n) is 20.1. The van der Waals surface area contributed by atoms with Gasteiger partial charge in [0.2, 0.25) is 5.91 Å². The SMILES string of the molecule is O=C(NCc1nnc(SCc2ccccc2Cl)n1Cc1ccccc1)c1cccc(N2CCCC2=O)c1. The second kappa shape index (κ2) is 11.6. The maximum absolute atomic E-state index is 13.0. The van der Waals surface area contributed by atoms with E-state index in [2.05, 4.69) is 27.6 Å². The highest BCUT2D eigenvalue weighted by Gasteiger charge is 2.22. The molecule has 3 aromatic carbocycles. The second-order valence-electron chi connectivity index (χ2n) is 8.73. The van der Waals surface area contributed by atoms with Crippen LogP contribution in [0.15, 0.2) is 84.0 Å². The van der Waals surface area contributed by atoms with Gasteiger partial charge in [0.1, 0.15) is 0 Å². The lowest BCUT2D eigenvalue weighted by Crippen LogP contribution is -2.26. The minimum atomic E-state index is -0.229. The van der Waals surface area contributed by atoms with E-state index in [0.717, 1.165) is 33.4 Å². The van der Waals surface area contributed by atoms with Crippen LogP contribution >= 0.6 is 23.4 Å². The summed E-state index contributed by atoms with van der Waals surface area (Å²) in [6.45, 7) is 1.48. The van der Waals surface area contributed by atoms with Crippen molar-refractivity contribution in [2.24, 2.45) is 0 Å². The molecular formula is C28H26ClN5O2S. The molecule has 0 radical (unpaired) electrons. The van der Waals surface area contributed by atoms with Gasteiger partial charge in [0.05, 0.1) is 13.1 Å². The highest BCUT2D eigenvalue weighted by Crippen LogP contribution is 2.27. The molecule has 0 saturated carbocycles. The average Bonchev–Trinajstić information content (AvgIpc) is 3.53. The Morgan fingerprint density at radius 3 is 2.59 bits per heavy atom. The lowest BCUT2D eigenvalue weighted by Gasteiger charge is -2.16. The van der Waals surface area contributed by atoms with Crippen LogP contribution in [0.1, 0.15) is 40.2 Å². The van der Waals surface area contributed by atoms with Crippen LogP contribution in [0.25, 0.3) is 0 Å². The van der Waals surface area contributed by atoms with Crippen molar-refractivity contribution in [1.82, 2.24) is 20.1 Å². The second-order valence-corrected chi connectivity index (χ2v) is 10.1. The third kappa shape index (κ3) is 6.03. The molecule has 9 heteroatoms. The number of nitrogens with one attached hydrogen (secondary N) is 1. The molecule has 2 amide bonds. The Hall–Kier alpha value is -3.62. The van der Waals surface area contributed by atoms with Crippen LogP contribution in [0.3, 0.4) is 0 Å². The molecule has 1 aromatic heterocycles. The predicted octanol–water partition coefficient (Wildman–Crippen LogP) is 5.33. The molecule has 5 rings (SSSR count). The molecule has 37 heavy (non-hydrogen) atoms. The molecule has 2 heterocycles. The Kier molecular flexibility index (Phi) is 7.87. The standard InChI is InChI=1S/C28H26ClN5O2S/c29-24-13-5-4-10-22(24)19-37-28-32-31-25(34(28)18-20-8-2-1-3-9-20)17-30-27(36)21-11-6-12-23(16-21)33-15-7-14-26(33)35/h1-6,8-13,16H,7,14-15,17-19H2,(H,30,36). The van der Waals surface area contributed by atoms with Crippen molar-refractivity contribution in [1.29, 1.82) is 0 Å². The van der Waals surface area contributed by atoms with Crippen molar-refractivity contribution in [2.75, 3.05) is 11.4 Å². The zero-order valence-corrected chi connectivity index (χ0v) is 21.7. The number of hydrogen-bond donors (Lipinski definition) is 1. The van der Waals surface area contributed by atoms with E-state index < -0.39 is 0 Å². The summed E-state index contributed by atoms with van der Waals surface area (Å²) in [5.74, 6) is 1.17. The molecule has 1 aliphatic heterocycles. The van der Waals surface area contributed by atoms with E-state index in [1.54, 1.807) is 34.9 Å². The van der Waals surface area contributed by atoms with Crippen LogP contribution in [0.2, 0.25) is 5.02 Å². The quantitative estimate of drug-likeness (QED) is 0.295. The highest BCUT2D eigenvalue weighted by atomic mass is 35.5. The average molecular weight is 532 g/mol. The van der Waals surface area contributed by atoms with Gasteiger partial charge in [-0.15, -0.1) is 10.2 Å². The van der Waals surface area contributed by atoms with Crippen molar-refractivity contribution in [2.45, 2.75) is 36.8 Å². The van der Waals surface area contributed by atoms with E-state index in [1.165, 1.54) is 0 Å².